The Morgan fingerprint density at radius 1 is 0.750 bits per heavy atom. The van der Waals surface area contributed by atoms with Crippen LogP contribution in [0.5, 0.6) is 0 Å². The minimum absolute atomic E-state index is 0.197. The SMILES string of the molecule is O=C(CC12CC3CC(C1)CC(CC(=O)NC1CC1)(C3)C2)NC1CC1. The van der Waals surface area contributed by atoms with Crippen LogP contribution in [0, 0.1) is 22.7 Å². The highest BCUT2D eigenvalue weighted by Gasteiger charge is 2.58. The van der Waals surface area contributed by atoms with Crippen LogP contribution in [0.25, 0.3) is 0 Å². The quantitative estimate of drug-likeness (QED) is 0.787. The molecule has 4 heteroatoms. The molecule has 0 aromatic rings. The number of rotatable bonds is 6. The Labute approximate surface area is 144 Å². The molecule has 24 heavy (non-hydrogen) atoms. The van der Waals surface area contributed by atoms with Crippen LogP contribution in [0.2, 0.25) is 0 Å². The summed E-state index contributed by atoms with van der Waals surface area (Å²) in [6.07, 6.45) is 13.4. The van der Waals surface area contributed by atoms with E-state index in [1.807, 2.05) is 0 Å². The standard InChI is InChI=1S/C20H30N2O2/c23-17(21-15-1-2-15)10-19-6-13-5-14(7-19)9-20(8-13,12-19)11-18(24)22-16-3-4-16/h13-16H,1-12H2,(H,21,23)(H,22,24). The van der Waals surface area contributed by atoms with E-state index in [0.29, 0.717) is 24.9 Å². The molecule has 0 spiro atoms. The van der Waals surface area contributed by atoms with Crippen molar-refractivity contribution < 1.29 is 9.59 Å². The smallest absolute Gasteiger partial charge is 0.220 e. The first kappa shape index (κ1) is 15.2. The van der Waals surface area contributed by atoms with E-state index in [4.69, 9.17) is 0 Å². The highest BCUT2D eigenvalue weighted by molar-refractivity contribution is 5.78. The van der Waals surface area contributed by atoms with Crippen molar-refractivity contribution in [1.82, 2.24) is 10.6 Å². The molecule has 2 N–H and O–H groups in total. The Kier molecular flexibility index (Phi) is 3.31. The summed E-state index contributed by atoms with van der Waals surface area (Å²) >= 11 is 0. The van der Waals surface area contributed by atoms with Crippen LogP contribution in [0.15, 0.2) is 0 Å². The average Bonchev–Trinajstić information content (AvgIpc) is 3.32. The first-order valence-electron chi connectivity index (χ1n) is 10.1. The second kappa shape index (κ2) is 5.22. The van der Waals surface area contributed by atoms with E-state index in [1.54, 1.807) is 0 Å². The zero-order valence-electron chi connectivity index (χ0n) is 14.6. The maximum atomic E-state index is 12.5. The van der Waals surface area contributed by atoms with Gasteiger partial charge < -0.3 is 10.6 Å². The van der Waals surface area contributed by atoms with Gasteiger partial charge in [0.2, 0.25) is 11.8 Å². The van der Waals surface area contributed by atoms with Crippen LogP contribution in [-0.4, -0.2) is 23.9 Å². The lowest BCUT2D eigenvalue weighted by molar-refractivity contribution is -0.146. The first-order valence-corrected chi connectivity index (χ1v) is 10.1. The molecule has 6 saturated carbocycles. The molecule has 0 aromatic carbocycles. The van der Waals surface area contributed by atoms with Gasteiger partial charge in [0.05, 0.1) is 0 Å². The molecule has 0 aliphatic heterocycles. The van der Waals surface area contributed by atoms with Crippen molar-refractivity contribution in [3.05, 3.63) is 0 Å². The number of carbonyl (C=O) groups is 2. The van der Waals surface area contributed by atoms with Crippen molar-refractivity contribution in [2.24, 2.45) is 22.7 Å². The predicted molar refractivity (Wildman–Crippen MR) is 91.1 cm³/mol. The summed E-state index contributed by atoms with van der Waals surface area (Å²) in [7, 11) is 0. The van der Waals surface area contributed by atoms with Gasteiger partial charge in [-0.3, -0.25) is 9.59 Å². The Hall–Kier alpha value is -1.06. The van der Waals surface area contributed by atoms with E-state index >= 15 is 0 Å². The Morgan fingerprint density at radius 2 is 1.17 bits per heavy atom. The number of nitrogens with one attached hydrogen (secondary N) is 2. The molecule has 2 amide bonds. The number of amides is 2. The Balaban J connectivity index is 1.30. The first-order chi connectivity index (χ1) is 11.5. The molecule has 0 atom stereocenters. The molecule has 6 rings (SSSR count). The molecule has 132 valence electrons. The third kappa shape index (κ3) is 2.97. The maximum absolute atomic E-state index is 12.5. The maximum Gasteiger partial charge on any atom is 0.220 e. The fraction of sp³-hybridized carbons (Fsp3) is 0.900. The monoisotopic (exact) mass is 330 g/mol. The summed E-state index contributed by atoms with van der Waals surface area (Å²) in [5.74, 6) is 2.07. The third-order valence-corrected chi connectivity index (χ3v) is 7.26. The van der Waals surface area contributed by atoms with Crippen molar-refractivity contribution in [1.29, 1.82) is 0 Å². The summed E-state index contributed by atoms with van der Waals surface area (Å²) in [4.78, 5) is 24.9. The molecule has 0 saturated heterocycles. The van der Waals surface area contributed by atoms with E-state index in [-0.39, 0.29) is 22.6 Å². The summed E-state index contributed by atoms with van der Waals surface area (Å²) in [5, 5.41) is 6.40. The molecule has 6 aliphatic carbocycles. The van der Waals surface area contributed by atoms with E-state index in [1.165, 1.54) is 32.1 Å². The van der Waals surface area contributed by atoms with Crippen molar-refractivity contribution >= 4 is 11.8 Å². The zero-order chi connectivity index (χ0) is 16.4. The van der Waals surface area contributed by atoms with E-state index in [0.717, 1.165) is 43.9 Å². The van der Waals surface area contributed by atoms with Crippen LogP contribution >= 0.6 is 0 Å². The topological polar surface area (TPSA) is 58.2 Å². The van der Waals surface area contributed by atoms with Gasteiger partial charge in [-0.1, -0.05) is 0 Å². The lowest BCUT2D eigenvalue weighted by atomic mass is 9.43. The van der Waals surface area contributed by atoms with Gasteiger partial charge in [0, 0.05) is 24.9 Å². The van der Waals surface area contributed by atoms with Crippen LogP contribution in [0.3, 0.4) is 0 Å². The highest BCUT2D eigenvalue weighted by atomic mass is 16.2. The van der Waals surface area contributed by atoms with Gasteiger partial charge in [0.15, 0.2) is 0 Å². The average molecular weight is 330 g/mol. The Morgan fingerprint density at radius 3 is 1.54 bits per heavy atom. The van der Waals surface area contributed by atoms with Gasteiger partial charge in [-0.05, 0) is 86.9 Å². The van der Waals surface area contributed by atoms with Gasteiger partial charge in [0.25, 0.3) is 0 Å². The van der Waals surface area contributed by atoms with Crippen LogP contribution in [0.1, 0.15) is 77.0 Å². The number of hydrogen-bond donors (Lipinski definition) is 2. The van der Waals surface area contributed by atoms with E-state index < -0.39 is 0 Å². The molecule has 0 radical (unpaired) electrons. The molecule has 0 heterocycles. The van der Waals surface area contributed by atoms with Gasteiger partial charge in [-0.25, -0.2) is 0 Å². The molecule has 6 fully saturated rings. The molecule has 4 bridgehead atoms. The normalized spacial score (nSPS) is 42.8. The minimum atomic E-state index is 0.197. The largest absolute Gasteiger partial charge is 0.353 e. The molecule has 6 aliphatic rings. The summed E-state index contributed by atoms with van der Waals surface area (Å²) in [6.45, 7) is 0. The van der Waals surface area contributed by atoms with Crippen LogP contribution in [-0.2, 0) is 9.59 Å². The van der Waals surface area contributed by atoms with Crippen molar-refractivity contribution in [2.45, 2.75) is 89.1 Å². The zero-order valence-corrected chi connectivity index (χ0v) is 14.6. The van der Waals surface area contributed by atoms with Gasteiger partial charge in [-0.15, -0.1) is 0 Å². The van der Waals surface area contributed by atoms with Crippen LogP contribution < -0.4 is 10.6 Å². The molecule has 0 unspecified atom stereocenters. The molecular weight excluding hydrogens is 300 g/mol. The second-order valence-electron chi connectivity index (χ2n) is 10.00. The van der Waals surface area contributed by atoms with Crippen molar-refractivity contribution in [2.75, 3.05) is 0 Å². The van der Waals surface area contributed by atoms with Gasteiger partial charge >= 0.3 is 0 Å². The van der Waals surface area contributed by atoms with Crippen molar-refractivity contribution in [3.8, 4) is 0 Å². The lowest BCUT2D eigenvalue weighted by Crippen LogP contribution is -2.54. The van der Waals surface area contributed by atoms with E-state index in [9.17, 15) is 9.59 Å². The fourth-order valence-corrected chi connectivity index (χ4v) is 6.76. The molecule has 4 nitrogen and oxygen atoms in total. The summed E-state index contributed by atoms with van der Waals surface area (Å²) in [6, 6.07) is 0.925. The number of hydrogen-bond acceptors (Lipinski definition) is 2. The predicted octanol–water partition coefficient (Wildman–Crippen LogP) is 2.91. The fourth-order valence-electron chi connectivity index (χ4n) is 6.76. The Bertz CT molecular complexity index is 504. The summed E-state index contributed by atoms with van der Waals surface area (Å²) < 4.78 is 0. The minimum Gasteiger partial charge on any atom is -0.353 e. The lowest BCUT2D eigenvalue weighted by Gasteiger charge is -2.62. The van der Waals surface area contributed by atoms with Crippen molar-refractivity contribution in [3.63, 3.8) is 0 Å². The molecular formula is C20H30N2O2. The van der Waals surface area contributed by atoms with E-state index in [2.05, 4.69) is 10.6 Å². The summed E-state index contributed by atoms with van der Waals surface area (Å²) in [5.41, 5.74) is 0.395. The highest BCUT2D eigenvalue weighted by Crippen LogP contribution is 2.67. The van der Waals surface area contributed by atoms with Crippen LogP contribution in [0.4, 0.5) is 0 Å². The van der Waals surface area contributed by atoms with Gasteiger partial charge in [-0.2, -0.15) is 0 Å². The van der Waals surface area contributed by atoms with Gasteiger partial charge in [0.1, 0.15) is 0 Å². The molecule has 0 aromatic heterocycles. The second-order valence-corrected chi connectivity index (χ2v) is 10.00. The number of carbonyl (C=O) groups excluding carboxylic acids is 2. The third-order valence-electron chi connectivity index (χ3n) is 7.26.